The van der Waals surface area contributed by atoms with Crippen molar-refractivity contribution < 1.29 is 36.6 Å². The number of alkyl halides is 3. The normalized spacial score (nSPS) is 19.5. The minimum absolute atomic E-state index is 0.0794. The van der Waals surface area contributed by atoms with Gasteiger partial charge in [-0.1, -0.05) is 29.8 Å². The number of hydrogen-bond donors (Lipinski definition) is 2. The van der Waals surface area contributed by atoms with Crippen molar-refractivity contribution in [2.45, 2.75) is 38.0 Å². The third-order valence-corrected chi connectivity index (χ3v) is 7.50. The fourth-order valence-corrected chi connectivity index (χ4v) is 5.32. The van der Waals surface area contributed by atoms with Gasteiger partial charge in [-0.25, -0.2) is 13.8 Å². The maximum atomic E-state index is 14.5. The van der Waals surface area contributed by atoms with Crippen LogP contribution in [-0.4, -0.2) is 44.0 Å². The number of aromatic nitrogens is 1. The summed E-state index contributed by atoms with van der Waals surface area (Å²) < 4.78 is 67.4. The number of anilines is 1. The number of rotatable bonds is 5. The van der Waals surface area contributed by atoms with Crippen molar-refractivity contribution in [3.05, 3.63) is 94.0 Å². The number of amides is 2. The lowest BCUT2D eigenvalue weighted by atomic mass is 9.90. The van der Waals surface area contributed by atoms with E-state index in [9.17, 15) is 36.6 Å². The number of hydrazine groups is 1. The highest BCUT2D eigenvalue weighted by atomic mass is 35.5. The van der Waals surface area contributed by atoms with Crippen LogP contribution in [0.25, 0.3) is 11.1 Å². The lowest BCUT2D eigenvalue weighted by Crippen LogP contribution is -2.60. The summed E-state index contributed by atoms with van der Waals surface area (Å²) in [4.78, 5) is 30.7. The Morgan fingerprint density at radius 3 is 2.61 bits per heavy atom. The number of aliphatic hydroxyl groups is 1. The first-order valence-corrected chi connectivity index (χ1v) is 12.8. The molecule has 0 bridgehead atoms. The first-order chi connectivity index (χ1) is 19.3. The maximum Gasteiger partial charge on any atom is 0.433 e. The fourth-order valence-electron chi connectivity index (χ4n) is 5.15. The topological polar surface area (TPSA) is 85.8 Å². The Morgan fingerprint density at radius 2 is 1.93 bits per heavy atom. The van der Waals surface area contributed by atoms with Gasteiger partial charge in [0.15, 0.2) is 11.6 Å². The summed E-state index contributed by atoms with van der Waals surface area (Å²) in [6.45, 7) is 1.55. The van der Waals surface area contributed by atoms with E-state index in [4.69, 9.17) is 11.6 Å². The number of aliphatic hydroxyl groups excluding tert-OH is 1. The van der Waals surface area contributed by atoms with Crippen molar-refractivity contribution in [2.24, 2.45) is 0 Å². The largest absolute Gasteiger partial charge is 0.509 e. The van der Waals surface area contributed by atoms with Crippen LogP contribution in [0.3, 0.4) is 0 Å². The molecule has 0 radical (unpaired) electrons. The summed E-state index contributed by atoms with van der Waals surface area (Å²) in [6, 6.07) is 9.70. The Labute approximate surface area is 235 Å². The maximum absolute atomic E-state index is 14.5. The van der Waals surface area contributed by atoms with E-state index in [0.29, 0.717) is 19.4 Å². The molecule has 3 heterocycles. The molecule has 5 rings (SSSR count). The summed E-state index contributed by atoms with van der Waals surface area (Å²) in [5.41, 5.74) is -2.53. The summed E-state index contributed by atoms with van der Waals surface area (Å²) in [5, 5.41) is 16.6. The molecule has 1 fully saturated rings. The van der Waals surface area contributed by atoms with Gasteiger partial charge in [-0.15, -0.1) is 0 Å². The van der Waals surface area contributed by atoms with Gasteiger partial charge in [0.1, 0.15) is 17.0 Å². The minimum Gasteiger partial charge on any atom is -0.509 e. The predicted octanol–water partition coefficient (Wildman–Crippen LogP) is 6.26. The van der Waals surface area contributed by atoms with Crippen LogP contribution in [0.15, 0.2) is 66.1 Å². The molecule has 2 N–H and O–H groups in total. The highest BCUT2D eigenvalue weighted by molar-refractivity contribution is 6.31. The fraction of sp³-hybridized carbons (Fsp3) is 0.250. The van der Waals surface area contributed by atoms with Crippen LogP contribution in [0.1, 0.15) is 31.0 Å². The minimum atomic E-state index is -4.65. The van der Waals surface area contributed by atoms with Crippen LogP contribution in [0.4, 0.5) is 27.6 Å². The van der Waals surface area contributed by atoms with Crippen LogP contribution < -0.4 is 5.32 Å². The number of hydrogen-bond acceptors (Lipinski definition) is 5. The zero-order chi connectivity index (χ0) is 29.7. The molecule has 13 heteroatoms. The van der Waals surface area contributed by atoms with Gasteiger partial charge in [0, 0.05) is 40.1 Å². The van der Waals surface area contributed by atoms with Gasteiger partial charge in [-0.2, -0.15) is 13.2 Å². The molecule has 1 saturated heterocycles. The van der Waals surface area contributed by atoms with Gasteiger partial charge in [0.2, 0.25) is 0 Å². The van der Waals surface area contributed by atoms with Crippen LogP contribution in [0, 0.1) is 11.6 Å². The quantitative estimate of drug-likeness (QED) is 0.270. The van der Waals surface area contributed by atoms with Crippen molar-refractivity contribution in [1.29, 1.82) is 0 Å². The van der Waals surface area contributed by atoms with E-state index in [-0.39, 0.29) is 27.4 Å². The van der Waals surface area contributed by atoms with E-state index >= 15 is 0 Å². The first-order valence-electron chi connectivity index (χ1n) is 12.4. The van der Waals surface area contributed by atoms with E-state index in [0.717, 1.165) is 29.4 Å². The lowest BCUT2D eigenvalue weighted by Gasteiger charge is -2.46. The second-order valence-corrected chi connectivity index (χ2v) is 10.3. The van der Waals surface area contributed by atoms with Gasteiger partial charge in [0.25, 0.3) is 11.8 Å². The summed E-state index contributed by atoms with van der Waals surface area (Å²) >= 11 is 6.12. The van der Waals surface area contributed by atoms with Crippen molar-refractivity contribution in [2.75, 3.05) is 11.9 Å². The van der Waals surface area contributed by atoms with Gasteiger partial charge in [-0.05, 0) is 50.1 Å². The molecule has 0 aliphatic carbocycles. The number of fused-ring (bicyclic) bond motifs is 1. The molecule has 2 amide bonds. The Bertz CT molecular complexity index is 1580. The molecule has 1 atom stereocenters. The second kappa shape index (κ2) is 10.4. The van der Waals surface area contributed by atoms with E-state index in [1.165, 1.54) is 35.3 Å². The first kappa shape index (κ1) is 28.5. The van der Waals surface area contributed by atoms with Crippen molar-refractivity contribution in [3.8, 4) is 11.1 Å². The molecule has 7 nitrogen and oxygen atoms in total. The summed E-state index contributed by atoms with van der Waals surface area (Å²) in [6.07, 6.45) is -2.76. The predicted molar refractivity (Wildman–Crippen MR) is 139 cm³/mol. The van der Waals surface area contributed by atoms with Gasteiger partial charge in [-0.3, -0.25) is 19.6 Å². The summed E-state index contributed by atoms with van der Waals surface area (Å²) in [5.74, 6) is -4.66. The Hall–Kier alpha value is -4.03. The average molecular weight is 593 g/mol. The molecular formula is C28H22ClF5N4O3. The van der Waals surface area contributed by atoms with Crippen molar-refractivity contribution in [1.82, 2.24) is 15.0 Å². The third-order valence-electron chi connectivity index (χ3n) is 7.26. The molecule has 0 saturated carbocycles. The zero-order valence-electron chi connectivity index (χ0n) is 21.4. The molecule has 2 aliphatic heterocycles. The van der Waals surface area contributed by atoms with Crippen LogP contribution in [0.2, 0.25) is 5.02 Å². The van der Waals surface area contributed by atoms with Gasteiger partial charge < -0.3 is 10.4 Å². The number of nitrogens with one attached hydrogen (secondary N) is 1. The second-order valence-electron chi connectivity index (χ2n) is 9.87. The Morgan fingerprint density at radius 1 is 1.17 bits per heavy atom. The monoisotopic (exact) mass is 592 g/mol. The Kier molecular flexibility index (Phi) is 7.24. The highest BCUT2D eigenvalue weighted by Crippen LogP contribution is 2.42. The van der Waals surface area contributed by atoms with E-state index in [1.807, 2.05) is 0 Å². The third kappa shape index (κ3) is 5.13. The smallest absolute Gasteiger partial charge is 0.433 e. The molecule has 41 heavy (non-hydrogen) atoms. The number of nitrogens with zero attached hydrogens (tertiary/aromatic N) is 3. The number of carbonyl (C=O) groups is 2. The van der Waals surface area contributed by atoms with E-state index in [2.05, 4.69) is 10.3 Å². The molecular weight excluding hydrogens is 571 g/mol. The molecule has 214 valence electrons. The van der Waals surface area contributed by atoms with Crippen LogP contribution in [0.5, 0.6) is 0 Å². The van der Waals surface area contributed by atoms with Gasteiger partial charge >= 0.3 is 6.18 Å². The SMILES string of the molecule is CC12CCCN1N(Cc1cccc(F)c1F)C(=O)C(C(=O)Nc1ccc(Cl)cc1-c1ccc(C(F)(F)F)nc1)=C2O. The summed E-state index contributed by atoms with van der Waals surface area (Å²) in [7, 11) is 0. The van der Waals surface area contributed by atoms with Crippen LogP contribution >= 0.6 is 11.6 Å². The number of halogens is 6. The lowest BCUT2D eigenvalue weighted by molar-refractivity contribution is -0.160. The van der Waals surface area contributed by atoms with E-state index < -0.39 is 58.7 Å². The molecule has 0 spiro atoms. The highest BCUT2D eigenvalue weighted by Gasteiger charge is 2.52. The average Bonchev–Trinajstić information content (AvgIpc) is 3.32. The molecule has 2 aromatic carbocycles. The van der Waals surface area contributed by atoms with Gasteiger partial charge in [0.05, 0.1) is 12.1 Å². The molecule has 1 aromatic heterocycles. The Balaban J connectivity index is 1.51. The van der Waals surface area contributed by atoms with E-state index in [1.54, 1.807) is 6.92 Å². The zero-order valence-corrected chi connectivity index (χ0v) is 22.2. The van der Waals surface area contributed by atoms with Crippen molar-refractivity contribution in [3.63, 3.8) is 0 Å². The standard InChI is InChI=1S/C28H22ClF5N4O3/c1-27-10-3-11-38(27)37(14-16-4-2-5-19(30)23(16)31)26(41)22(24(27)39)25(40)36-20-8-7-17(29)12-18(20)15-6-9-21(35-13-15)28(32,33)34/h2,4-9,12-13,39H,3,10-11,14H2,1H3,(H,36,40). The van der Waals surface area contributed by atoms with Crippen LogP contribution in [-0.2, 0) is 22.3 Å². The molecule has 2 aliphatic rings. The number of pyridine rings is 1. The number of carbonyl (C=O) groups excluding carboxylic acids is 2. The number of benzene rings is 2. The van der Waals surface area contributed by atoms with Crippen molar-refractivity contribution >= 4 is 29.1 Å². The molecule has 3 aromatic rings. The molecule has 1 unspecified atom stereocenters.